The van der Waals surface area contributed by atoms with Crippen molar-refractivity contribution in [1.82, 2.24) is 5.32 Å². The molecule has 2 rings (SSSR count). The maximum Gasteiger partial charge on any atom is 0.240 e. The topological polar surface area (TPSA) is 52.9 Å². The lowest BCUT2D eigenvalue weighted by Gasteiger charge is -2.32. The Kier molecular flexibility index (Phi) is 2.92. The van der Waals surface area contributed by atoms with Gasteiger partial charge in [-0.15, -0.1) is 0 Å². The number of hydrogen-bond donors (Lipinski definition) is 1. The van der Waals surface area contributed by atoms with E-state index in [-0.39, 0.29) is 11.9 Å². The molecule has 0 bridgehead atoms. The quantitative estimate of drug-likeness (QED) is 0.775. The lowest BCUT2D eigenvalue weighted by Crippen LogP contribution is -2.43. The van der Waals surface area contributed by atoms with E-state index in [1.165, 1.54) is 6.42 Å². The van der Waals surface area contributed by atoms with E-state index in [1.54, 1.807) is 0 Å². The van der Waals surface area contributed by atoms with Gasteiger partial charge < -0.3 is 5.32 Å². The minimum atomic E-state index is -0.663. The van der Waals surface area contributed by atoms with Crippen LogP contribution >= 0.6 is 0 Å². The Labute approximate surface area is 97.2 Å². The first-order valence-corrected chi connectivity index (χ1v) is 6.28. The molecule has 1 amide bonds. The Morgan fingerprint density at radius 3 is 2.25 bits per heavy atom. The van der Waals surface area contributed by atoms with E-state index >= 15 is 0 Å². The van der Waals surface area contributed by atoms with Crippen LogP contribution in [0.3, 0.4) is 0 Å². The van der Waals surface area contributed by atoms with Crippen molar-refractivity contribution < 1.29 is 4.79 Å². The molecule has 88 valence electrons. The maximum absolute atomic E-state index is 11.9. The third-order valence-electron chi connectivity index (χ3n) is 3.91. The summed E-state index contributed by atoms with van der Waals surface area (Å²) in [6, 6.07) is 2.44. The number of nitriles is 1. The molecule has 2 fully saturated rings. The molecule has 0 spiro atoms. The van der Waals surface area contributed by atoms with Gasteiger partial charge in [0.2, 0.25) is 5.91 Å². The number of rotatable bonds is 2. The molecule has 2 aliphatic rings. The zero-order valence-electron chi connectivity index (χ0n) is 10.1. The van der Waals surface area contributed by atoms with Gasteiger partial charge >= 0.3 is 0 Å². The molecule has 2 saturated carbocycles. The minimum absolute atomic E-state index is 0.0266. The van der Waals surface area contributed by atoms with E-state index in [0.717, 1.165) is 25.7 Å². The summed E-state index contributed by atoms with van der Waals surface area (Å²) < 4.78 is 0. The fourth-order valence-corrected chi connectivity index (χ4v) is 2.90. The summed E-state index contributed by atoms with van der Waals surface area (Å²) >= 11 is 0. The molecule has 0 aromatic rings. The Morgan fingerprint density at radius 2 is 1.81 bits per heavy atom. The summed E-state index contributed by atoms with van der Waals surface area (Å²) in [5.74, 6) is 1.35. The van der Waals surface area contributed by atoms with E-state index in [9.17, 15) is 4.79 Å². The van der Waals surface area contributed by atoms with E-state index in [2.05, 4.69) is 25.2 Å². The molecular weight excluding hydrogens is 200 g/mol. The monoisotopic (exact) mass is 220 g/mol. The van der Waals surface area contributed by atoms with Gasteiger partial charge in [-0.25, -0.2) is 0 Å². The predicted molar refractivity (Wildman–Crippen MR) is 61.4 cm³/mol. The Hall–Kier alpha value is -1.04. The molecule has 3 nitrogen and oxygen atoms in total. The number of carbonyl (C=O) groups excluding carboxylic acids is 1. The first-order chi connectivity index (χ1) is 7.55. The zero-order valence-corrected chi connectivity index (χ0v) is 10.1. The van der Waals surface area contributed by atoms with Crippen LogP contribution in [0, 0.1) is 28.6 Å². The van der Waals surface area contributed by atoms with Crippen molar-refractivity contribution in [3.05, 3.63) is 0 Å². The maximum atomic E-state index is 11.9. The van der Waals surface area contributed by atoms with Gasteiger partial charge in [0.15, 0.2) is 0 Å². The third kappa shape index (κ3) is 2.21. The van der Waals surface area contributed by atoms with E-state index in [1.807, 2.05) is 0 Å². The molecule has 2 unspecified atom stereocenters. The van der Waals surface area contributed by atoms with Gasteiger partial charge in [-0.3, -0.25) is 4.79 Å². The average Bonchev–Trinajstić information content (AvgIpc) is 2.96. The number of hydrogen-bond acceptors (Lipinski definition) is 2. The molecule has 16 heavy (non-hydrogen) atoms. The van der Waals surface area contributed by atoms with Crippen molar-refractivity contribution in [2.75, 3.05) is 0 Å². The number of nitrogens with zero attached hydrogens (tertiary/aromatic N) is 1. The molecule has 3 heteroatoms. The first-order valence-electron chi connectivity index (χ1n) is 6.28. The normalized spacial score (nSPS) is 36.2. The molecule has 2 aliphatic carbocycles. The first kappa shape index (κ1) is 11.4. The van der Waals surface area contributed by atoms with Gasteiger partial charge in [-0.1, -0.05) is 13.8 Å². The number of carbonyl (C=O) groups is 1. The fourth-order valence-electron chi connectivity index (χ4n) is 2.90. The van der Waals surface area contributed by atoms with Crippen molar-refractivity contribution in [3.8, 4) is 6.07 Å². The highest BCUT2D eigenvalue weighted by molar-refractivity contribution is 5.88. The van der Waals surface area contributed by atoms with Crippen LogP contribution in [0.1, 0.15) is 46.0 Å². The molecule has 0 aliphatic heterocycles. The SMILES string of the molecule is CC1CC(C)CC(NC(=O)C2(C#N)CC2)C1. The van der Waals surface area contributed by atoms with E-state index < -0.39 is 5.41 Å². The lowest BCUT2D eigenvalue weighted by molar-refractivity contribution is -0.125. The second kappa shape index (κ2) is 4.08. The number of amides is 1. The van der Waals surface area contributed by atoms with Gasteiger partial charge in [0.05, 0.1) is 6.07 Å². The largest absolute Gasteiger partial charge is 0.352 e. The summed E-state index contributed by atoms with van der Waals surface area (Å²) in [6.45, 7) is 4.48. The highest BCUT2D eigenvalue weighted by atomic mass is 16.2. The molecule has 2 atom stereocenters. The van der Waals surface area contributed by atoms with Crippen molar-refractivity contribution in [3.63, 3.8) is 0 Å². The second-order valence-corrected chi connectivity index (χ2v) is 5.78. The van der Waals surface area contributed by atoms with Gasteiger partial charge in [-0.2, -0.15) is 5.26 Å². The van der Waals surface area contributed by atoms with Crippen LogP contribution in [0.2, 0.25) is 0 Å². The van der Waals surface area contributed by atoms with Crippen LogP contribution in [-0.2, 0) is 4.79 Å². The van der Waals surface area contributed by atoms with E-state index in [4.69, 9.17) is 5.26 Å². The van der Waals surface area contributed by atoms with Gasteiger partial charge in [0, 0.05) is 6.04 Å². The Balaban J connectivity index is 1.90. The fraction of sp³-hybridized carbons (Fsp3) is 0.846. The predicted octanol–water partition coefficient (Wildman–Crippen LogP) is 2.23. The second-order valence-electron chi connectivity index (χ2n) is 5.78. The van der Waals surface area contributed by atoms with Crippen molar-refractivity contribution in [2.24, 2.45) is 17.3 Å². The summed E-state index contributed by atoms with van der Waals surface area (Å²) in [6.07, 6.45) is 4.88. The van der Waals surface area contributed by atoms with Crippen LogP contribution in [-0.4, -0.2) is 11.9 Å². The van der Waals surface area contributed by atoms with E-state index in [0.29, 0.717) is 11.8 Å². The molecule has 0 heterocycles. The van der Waals surface area contributed by atoms with Crippen molar-refractivity contribution >= 4 is 5.91 Å². The van der Waals surface area contributed by atoms with Crippen LogP contribution in [0.25, 0.3) is 0 Å². The van der Waals surface area contributed by atoms with Gasteiger partial charge in [-0.05, 0) is 43.9 Å². The Bertz CT molecular complexity index is 317. The Morgan fingerprint density at radius 1 is 1.25 bits per heavy atom. The molecular formula is C13H20N2O. The minimum Gasteiger partial charge on any atom is -0.352 e. The molecule has 0 aromatic carbocycles. The van der Waals surface area contributed by atoms with Gasteiger partial charge in [0.1, 0.15) is 5.41 Å². The van der Waals surface area contributed by atoms with Crippen LogP contribution in [0.4, 0.5) is 0 Å². The zero-order chi connectivity index (χ0) is 11.8. The summed E-state index contributed by atoms with van der Waals surface area (Å²) in [5.41, 5.74) is -0.663. The lowest BCUT2D eigenvalue weighted by atomic mass is 9.80. The molecule has 0 radical (unpaired) electrons. The summed E-state index contributed by atoms with van der Waals surface area (Å²) in [7, 11) is 0. The molecule has 0 saturated heterocycles. The molecule has 0 aromatic heterocycles. The average molecular weight is 220 g/mol. The number of nitrogens with one attached hydrogen (secondary N) is 1. The van der Waals surface area contributed by atoms with Crippen molar-refractivity contribution in [2.45, 2.75) is 52.0 Å². The van der Waals surface area contributed by atoms with Gasteiger partial charge in [0.25, 0.3) is 0 Å². The smallest absolute Gasteiger partial charge is 0.240 e. The van der Waals surface area contributed by atoms with Crippen LogP contribution < -0.4 is 5.32 Å². The third-order valence-corrected chi connectivity index (χ3v) is 3.91. The van der Waals surface area contributed by atoms with Crippen LogP contribution in [0.5, 0.6) is 0 Å². The summed E-state index contributed by atoms with van der Waals surface area (Å²) in [4.78, 5) is 11.9. The summed E-state index contributed by atoms with van der Waals surface area (Å²) in [5, 5.41) is 12.0. The highest BCUT2D eigenvalue weighted by Crippen LogP contribution is 2.45. The van der Waals surface area contributed by atoms with Crippen LogP contribution in [0.15, 0.2) is 0 Å². The molecule has 1 N–H and O–H groups in total. The highest BCUT2D eigenvalue weighted by Gasteiger charge is 2.51. The van der Waals surface area contributed by atoms with Crippen molar-refractivity contribution in [1.29, 1.82) is 5.26 Å². The standard InChI is InChI=1S/C13H20N2O/c1-9-5-10(2)7-11(6-9)15-12(16)13(8-14)3-4-13/h9-11H,3-7H2,1-2H3,(H,15,16).